The second-order valence-electron chi connectivity index (χ2n) is 5.44. The summed E-state index contributed by atoms with van der Waals surface area (Å²) in [5.74, 6) is -0.0287. The number of rotatable bonds is 4. The van der Waals surface area contributed by atoms with E-state index in [-0.39, 0.29) is 17.7 Å². The van der Waals surface area contributed by atoms with Gasteiger partial charge in [0.1, 0.15) is 0 Å². The highest BCUT2D eigenvalue weighted by atomic mass is 16.5. The molecule has 1 aliphatic heterocycles. The molecule has 10 heteroatoms. The van der Waals surface area contributed by atoms with Gasteiger partial charge in [-0.15, -0.1) is 9.90 Å². The molecule has 2 heterocycles. The Morgan fingerprint density at radius 1 is 1.27 bits per heavy atom. The van der Waals surface area contributed by atoms with Gasteiger partial charge in [-0.05, 0) is 25.0 Å². The highest BCUT2D eigenvalue weighted by molar-refractivity contribution is 5.85. The van der Waals surface area contributed by atoms with Crippen molar-refractivity contribution in [2.24, 2.45) is 5.92 Å². The van der Waals surface area contributed by atoms with Crippen molar-refractivity contribution in [3.8, 4) is 0 Å². The van der Waals surface area contributed by atoms with Gasteiger partial charge in [0.2, 0.25) is 5.91 Å². The quantitative estimate of drug-likeness (QED) is 0.659. The van der Waals surface area contributed by atoms with E-state index >= 15 is 0 Å². The zero-order valence-corrected chi connectivity index (χ0v) is 12.4. The highest BCUT2D eigenvalue weighted by Crippen LogP contribution is 2.28. The SMILES string of the molecule is C[C@@H](C(=O)NNC(=O)C1CC1)n1nnc(N2CCOCC2)n1. The molecule has 2 aliphatic rings. The number of amides is 2. The molecular weight excluding hydrogens is 290 g/mol. The summed E-state index contributed by atoms with van der Waals surface area (Å²) < 4.78 is 5.26. The normalized spacial score (nSPS) is 19.6. The summed E-state index contributed by atoms with van der Waals surface area (Å²) in [6.45, 7) is 4.28. The lowest BCUT2D eigenvalue weighted by Gasteiger charge is -2.24. The monoisotopic (exact) mass is 309 g/mol. The van der Waals surface area contributed by atoms with Gasteiger partial charge >= 0.3 is 0 Å². The van der Waals surface area contributed by atoms with Crippen LogP contribution in [0.5, 0.6) is 0 Å². The highest BCUT2D eigenvalue weighted by Gasteiger charge is 2.30. The maximum Gasteiger partial charge on any atom is 0.266 e. The van der Waals surface area contributed by atoms with Crippen molar-refractivity contribution in [3.05, 3.63) is 0 Å². The number of nitrogens with one attached hydrogen (secondary N) is 2. The van der Waals surface area contributed by atoms with E-state index < -0.39 is 6.04 Å². The molecule has 0 spiro atoms. The molecular formula is C12H19N7O3. The van der Waals surface area contributed by atoms with Gasteiger partial charge < -0.3 is 9.64 Å². The predicted octanol–water partition coefficient (Wildman–Crippen LogP) is -1.37. The third kappa shape index (κ3) is 3.32. The molecule has 1 aromatic heterocycles. The molecule has 1 aliphatic carbocycles. The molecule has 2 fully saturated rings. The Kier molecular flexibility index (Phi) is 4.18. The van der Waals surface area contributed by atoms with Crippen LogP contribution in [0.2, 0.25) is 0 Å². The van der Waals surface area contributed by atoms with E-state index in [9.17, 15) is 9.59 Å². The summed E-state index contributed by atoms with van der Waals surface area (Å²) in [4.78, 5) is 26.7. The second kappa shape index (κ2) is 6.26. The van der Waals surface area contributed by atoms with E-state index in [0.717, 1.165) is 12.8 Å². The van der Waals surface area contributed by atoms with Crippen LogP contribution < -0.4 is 15.8 Å². The van der Waals surface area contributed by atoms with Crippen LogP contribution in [0.25, 0.3) is 0 Å². The largest absolute Gasteiger partial charge is 0.378 e. The fraction of sp³-hybridized carbons (Fsp3) is 0.750. The van der Waals surface area contributed by atoms with Crippen molar-refractivity contribution < 1.29 is 14.3 Å². The van der Waals surface area contributed by atoms with E-state index in [1.807, 2.05) is 4.90 Å². The van der Waals surface area contributed by atoms with Crippen molar-refractivity contribution in [3.63, 3.8) is 0 Å². The van der Waals surface area contributed by atoms with Gasteiger partial charge in [-0.25, -0.2) is 0 Å². The average molecular weight is 309 g/mol. The number of morpholine rings is 1. The van der Waals surface area contributed by atoms with Crippen LogP contribution in [-0.4, -0.2) is 58.3 Å². The third-order valence-corrected chi connectivity index (χ3v) is 3.69. The Morgan fingerprint density at radius 2 is 2.00 bits per heavy atom. The predicted molar refractivity (Wildman–Crippen MR) is 74.6 cm³/mol. The minimum Gasteiger partial charge on any atom is -0.378 e. The molecule has 0 bridgehead atoms. The summed E-state index contributed by atoms with van der Waals surface area (Å²) in [5.41, 5.74) is 4.80. The van der Waals surface area contributed by atoms with Crippen molar-refractivity contribution in [2.75, 3.05) is 31.2 Å². The first-order valence-electron chi connectivity index (χ1n) is 7.37. The van der Waals surface area contributed by atoms with Gasteiger partial charge in [-0.1, -0.05) is 5.10 Å². The Labute approximate surface area is 127 Å². The lowest BCUT2D eigenvalue weighted by molar-refractivity contribution is -0.131. The molecule has 3 rings (SSSR count). The molecule has 10 nitrogen and oxygen atoms in total. The van der Waals surface area contributed by atoms with Crippen LogP contribution in [0.4, 0.5) is 5.95 Å². The summed E-state index contributed by atoms with van der Waals surface area (Å²) >= 11 is 0. The second-order valence-corrected chi connectivity index (χ2v) is 5.44. The maximum atomic E-state index is 12.0. The lowest BCUT2D eigenvalue weighted by atomic mass is 10.3. The molecule has 2 amide bonds. The van der Waals surface area contributed by atoms with Crippen LogP contribution in [0.3, 0.4) is 0 Å². The average Bonchev–Trinajstić information content (AvgIpc) is 3.29. The first-order chi connectivity index (χ1) is 10.6. The molecule has 1 saturated carbocycles. The number of carbonyl (C=O) groups excluding carboxylic acids is 2. The van der Waals surface area contributed by atoms with Crippen LogP contribution in [0.1, 0.15) is 25.8 Å². The number of ether oxygens (including phenoxy) is 1. The molecule has 0 unspecified atom stereocenters. The standard InChI is InChI=1S/C12H19N7O3/c1-8(10(20)13-14-11(21)9-2-3-9)19-16-12(15-17-19)18-4-6-22-7-5-18/h8-9H,2-7H2,1H3,(H,13,20)(H,14,21)/t8-/m0/s1. The number of aromatic nitrogens is 4. The first-order valence-corrected chi connectivity index (χ1v) is 7.37. The summed E-state index contributed by atoms with van der Waals surface area (Å²) in [7, 11) is 0. The van der Waals surface area contributed by atoms with Gasteiger partial charge in [0.15, 0.2) is 6.04 Å². The summed E-state index contributed by atoms with van der Waals surface area (Å²) in [6, 6.07) is -0.665. The van der Waals surface area contributed by atoms with Crippen molar-refractivity contribution in [1.29, 1.82) is 0 Å². The number of hydrogen-bond donors (Lipinski definition) is 2. The smallest absolute Gasteiger partial charge is 0.266 e. The topological polar surface area (TPSA) is 114 Å². The van der Waals surface area contributed by atoms with Crippen molar-refractivity contribution in [2.45, 2.75) is 25.8 Å². The fourth-order valence-corrected chi connectivity index (χ4v) is 2.05. The Bertz CT molecular complexity index is 551. The minimum atomic E-state index is -0.665. The van der Waals surface area contributed by atoms with Gasteiger partial charge in [0.25, 0.3) is 11.9 Å². The molecule has 0 aromatic carbocycles. The van der Waals surface area contributed by atoms with E-state index in [1.54, 1.807) is 6.92 Å². The molecule has 1 aromatic rings. The molecule has 120 valence electrons. The molecule has 0 radical (unpaired) electrons. The Balaban J connectivity index is 1.54. The number of carbonyl (C=O) groups is 2. The van der Waals surface area contributed by atoms with Gasteiger partial charge in [-0.3, -0.25) is 20.4 Å². The van der Waals surface area contributed by atoms with Crippen LogP contribution in [0, 0.1) is 5.92 Å². The number of tetrazole rings is 1. The molecule has 22 heavy (non-hydrogen) atoms. The zero-order valence-electron chi connectivity index (χ0n) is 12.4. The Morgan fingerprint density at radius 3 is 2.68 bits per heavy atom. The van der Waals surface area contributed by atoms with Gasteiger partial charge in [0.05, 0.1) is 13.2 Å². The van der Waals surface area contributed by atoms with Crippen LogP contribution >= 0.6 is 0 Å². The molecule has 2 N–H and O–H groups in total. The zero-order chi connectivity index (χ0) is 15.5. The number of hydrogen-bond acceptors (Lipinski definition) is 7. The van der Waals surface area contributed by atoms with Crippen LogP contribution in [-0.2, 0) is 14.3 Å². The van der Waals surface area contributed by atoms with E-state index in [2.05, 4.69) is 26.3 Å². The number of hydrazine groups is 1. The maximum absolute atomic E-state index is 12.0. The minimum absolute atomic E-state index is 0.0352. The first kappa shape index (κ1) is 14.7. The van der Waals surface area contributed by atoms with E-state index in [4.69, 9.17) is 4.74 Å². The van der Waals surface area contributed by atoms with Gasteiger partial charge in [-0.2, -0.15) is 0 Å². The molecule has 1 atom stereocenters. The number of anilines is 1. The Hall–Kier alpha value is -2.23. The van der Waals surface area contributed by atoms with E-state index in [0.29, 0.717) is 32.3 Å². The fourth-order valence-electron chi connectivity index (χ4n) is 2.05. The molecule has 1 saturated heterocycles. The van der Waals surface area contributed by atoms with E-state index in [1.165, 1.54) is 4.80 Å². The summed E-state index contributed by atoms with van der Waals surface area (Å²) in [6.07, 6.45) is 1.76. The van der Waals surface area contributed by atoms with Gasteiger partial charge in [0, 0.05) is 19.0 Å². The van der Waals surface area contributed by atoms with Crippen LogP contribution in [0.15, 0.2) is 0 Å². The third-order valence-electron chi connectivity index (χ3n) is 3.69. The van der Waals surface area contributed by atoms with Crippen molar-refractivity contribution in [1.82, 2.24) is 31.1 Å². The van der Waals surface area contributed by atoms with Crippen molar-refractivity contribution >= 4 is 17.8 Å². The summed E-state index contributed by atoms with van der Waals surface area (Å²) in [5, 5.41) is 12.1. The number of nitrogens with zero attached hydrogens (tertiary/aromatic N) is 5. The lowest BCUT2D eigenvalue weighted by Crippen LogP contribution is -2.45.